The average Bonchev–Trinajstić information content (AvgIpc) is 3.21. The molecular formula is C24H24F3N5O2. The summed E-state index contributed by atoms with van der Waals surface area (Å²) in [5.41, 5.74) is -0.993. The molecule has 1 N–H and O–H groups in total. The van der Waals surface area contributed by atoms with Crippen LogP contribution >= 0.6 is 0 Å². The molecule has 2 aliphatic heterocycles. The molecule has 1 unspecified atom stereocenters. The van der Waals surface area contributed by atoms with Crippen LogP contribution in [0.5, 0.6) is 0 Å². The standard InChI is InChI=1S/C24H24F3N5O2/c1-29-21(33)20-14-32(22(34)17-3-2-8-30-13-17)15-23(20)6-9-31(10-7-23)18-5-4-16(12-28)19(11-18)24(25,26)27/h2-5,8,11,13,20H,6-7,9-10,14-15H2,1H3,(H,29,33). The highest BCUT2D eigenvalue weighted by Gasteiger charge is 2.52. The molecule has 2 aliphatic rings. The molecule has 2 amide bonds. The minimum absolute atomic E-state index is 0.146. The third-order valence-electron chi connectivity index (χ3n) is 6.96. The number of nitrogens with one attached hydrogen (secondary N) is 1. The summed E-state index contributed by atoms with van der Waals surface area (Å²) in [6.45, 7) is 1.55. The second-order valence-electron chi connectivity index (χ2n) is 8.78. The van der Waals surface area contributed by atoms with Gasteiger partial charge in [0.15, 0.2) is 0 Å². The van der Waals surface area contributed by atoms with Gasteiger partial charge in [-0.3, -0.25) is 14.6 Å². The lowest BCUT2D eigenvalue weighted by atomic mass is 9.70. The van der Waals surface area contributed by atoms with E-state index in [0.29, 0.717) is 43.7 Å². The number of carbonyl (C=O) groups excluding carboxylic acids is 2. The van der Waals surface area contributed by atoms with Gasteiger partial charge in [-0.15, -0.1) is 0 Å². The van der Waals surface area contributed by atoms with Crippen molar-refractivity contribution in [3.05, 3.63) is 59.4 Å². The number of alkyl halides is 3. The number of likely N-dealkylation sites (tertiary alicyclic amines) is 1. The molecule has 1 spiro atoms. The van der Waals surface area contributed by atoms with Gasteiger partial charge in [0, 0.05) is 56.7 Å². The molecule has 34 heavy (non-hydrogen) atoms. The Bertz CT molecular complexity index is 1120. The smallest absolute Gasteiger partial charge is 0.371 e. The van der Waals surface area contributed by atoms with Gasteiger partial charge >= 0.3 is 6.18 Å². The fourth-order valence-corrected chi connectivity index (χ4v) is 5.11. The van der Waals surface area contributed by atoms with Gasteiger partial charge in [0.2, 0.25) is 5.91 Å². The first-order valence-electron chi connectivity index (χ1n) is 11.0. The first-order valence-corrected chi connectivity index (χ1v) is 11.0. The van der Waals surface area contributed by atoms with Crippen molar-refractivity contribution in [2.75, 3.05) is 38.1 Å². The van der Waals surface area contributed by atoms with Crippen molar-refractivity contribution in [1.82, 2.24) is 15.2 Å². The summed E-state index contributed by atoms with van der Waals surface area (Å²) in [5.74, 6) is -0.747. The molecule has 2 aromatic rings. The molecule has 2 saturated heterocycles. The summed E-state index contributed by atoms with van der Waals surface area (Å²) in [7, 11) is 1.56. The van der Waals surface area contributed by atoms with E-state index >= 15 is 0 Å². The van der Waals surface area contributed by atoms with Gasteiger partial charge in [-0.25, -0.2) is 0 Å². The monoisotopic (exact) mass is 471 g/mol. The molecule has 1 atom stereocenters. The number of benzene rings is 1. The third kappa shape index (κ3) is 4.30. The molecule has 10 heteroatoms. The zero-order valence-corrected chi connectivity index (χ0v) is 18.6. The number of hydrogen-bond acceptors (Lipinski definition) is 5. The quantitative estimate of drug-likeness (QED) is 0.743. The molecule has 3 heterocycles. The van der Waals surface area contributed by atoms with Crippen LogP contribution in [0.1, 0.15) is 34.3 Å². The van der Waals surface area contributed by atoms with Crippen molar-refractivity contribution >= 4 is 17.5 Å². The lowest BCUT2D eigenvalue weighted by Crippen LogP contribution is -2.48. The predicted octanol–water partition coefficient (Wildman–Crippen LogP) is 3.08. The number of anilines is 1. The van der Waals surface area contributed by atoms with Crippen LogP contribution in [-0.4, -0.2) is 54.9 Å². The van der Waals surface area contributed by atoms with E-state index < -0.39 is 28.6 Å². The fraction of sp³-hybridized carbons (Fsp3) is 0.417. The van der Waals surface area contributed by atoms with Crippen LogP contribution in [0, 0.1) is 22.7 Å². The van der Waals surface area contributed by atoms with E-state index in [1.54, 1.807) is 36.3 Å². The number of pyridine rings is 1. The summed E-state index contributed by atoms with van der Waals surface area (Å²) >= 11 is 0. The number of aromatic nitrogens is 1. The van der Waals surface area contributed by atoms with Crippen molar-refractivity contribution in [1.29, 1.82) is 5.26 Å². The van der Waals surface area contributed by atoms with Crippen LogP contribution in [-0.2, 0) is 11.0 Å². The zero-order valence-electron chi connectivity index (χ0n) is 18.6. The predicted molar refractivity (Wildman–Crippen MR) is 118 cm³/mol. The Morgan fingerprint density at radius 2 is 1.97 bits per heavy atom. The topological polar surface area (TPSA) is 89.3 Å². The van der Waals surface area contributed by atoms with Crippen LogP contribution < -0.4 is 10.2 Å². The fourth-order valence-electron chi connectivity index (χ4n) is 5.11. The van der Waals surface area contributed by atoms with Gasteiger partial charge in [0.05, 0.1) is 28.7 Å². The zero-order chi connectivity index (χ0) is 24.5. The van der Waals surface area contributed by atoms with Crippen molar-refractivity contribution in [3.8, 4) is 6.07 Å². The summed E-state index contributed by atoms with van der Waals surface area (Å²) in [4.78, 5) is 33.3. The number of carbonyl (C=O) groups is 2. The largest absolute Gasteiger partial charge is 0.417 e. The van der Waals surface area contributed by atoms with Gasteiger partial charge in [-0.05, 0) is 43.2 Å². The normalized spacial score (nSPS) is 19.7. The lowest BCUT2D eigenvalue weighted by molar-refractivity contribution is -0.137. The molecule has 1 aromatic carbocycles. The van der Waals surface area contributed by atoms with Gasteiger partial charge in [0.1, 0.15) is 0 Å². The van der Waals surface area contributed by atoms with E-state index in [0.717, 1.165) is 6.07 Å². The molecular weight excluding hydrogens is 447 g/mol. The number of hydrogen-bond donors (Lipinski definition) is 1. The summed E-state index contributed by atoms with van der Waals surface area (Å²) in [5, 5.41) is 11.7. The van der Waals surface area contributed by atoms with Crippen LogP contribution in [0.15, 0.2) is 42.7 Å². The molecule has 0 aliphatic carbocycles. The summed E-state index contributed by atoms with van der Waals surface area (Å²) in [6, 6.07) is 8.69. The van der Waals surface area contributed by atoms with E-state index in [9.17, 15) is 22.8 Å². The van der Waals surface area contributed by atoms with Crippen LogP contribution in [0.25, 0.3) is 0 Å². The van der Waals surface area contributed by atoms with Crippen LogP contribution in [0.3, 0.4) is 0 Å². The highest BCUT2D eigenvalue weighted by atomic mass is 19.4. The van der Waals surface area contributed by atoms with Crippen molar-refractivity contribution in [3.63, 3.8) is 0 Å². The van der Waals surface area contributed by atoms with Crippen molar-refractivity contribution in [2.45, 2.75) is 19.0 Å². The second-order valence-corrected chi connectivity index (χ2v) is 8.78. The minimum atomic E-state index is -4.62. The van der Waals surface area contributed by atoms with Gasteiger partial charge in [0.25, 0.3) is 5.91 Å². The maximum absolute atomic E-state index is 13.4. The average molecular weight is 471 g/mol. The summed E-state index contributed by atoms with van der Waals surface area (Å²) < 4.78 is 40.2. The molecule has 2 fully saturated rings. The highest BCUT2D eigenvalue weighted by molar-refractivity contribution is 5.95. The van der Waals surface area contributed by atoms with Crippen molar-refractivity contribution in [2.24, 2.45) is 11.3 Å². The lowest BCUT2D eigenvalue weighted by Gasteiger charge is -2.43. The number of rotatable bonds is 3. The van der Waals surface area contributed by atoms with Crippen molar-refractivity contribution < 1.29 is 22.8 Å². The SMILES string of the molecule is CNC(=O)C1CN(C(=O)c2cccnc2)CC12CCN(c1ccc(C#N)c(C(F)(F)F)c1)CC2. The Labute approximate surface area is 195 Å². The van der Waals surface area contributed by atoms with E-state index in [1.807, 2.05) is 4.90 Å². The Morgan fingerprint density at radius 3 is 2.56 bits per heavy atom. The number of piperidine rings is 1. The first kappa shape index (κ1) is 23.5. The first-order chi connectivity index (χ1) is 16.2. The molecule has 4 rings (SSSR count). The molecule has 7 nitrogen and oxygen atoms in total. The van der Waals surface area contributed by atoms with E-state index in [4.69, 9.17) is 5.26 Å². The van der Waals surface area contributed by atoms with Gasteiger partial charge in [-0.1, -0.05) is 0 Å². The number of amides is 2. The van der Waals surface area contributed by atoms with E-state index in [-0.39, 0.29) is 18.4 Å². The Kier molecular flexibility index (Phi) is 6.21. The molecule has 178 valence electrons. The number of nitrogens with zero attached hydrogens (tertiary/aromatic N) is 4. The summed E-state index contributed by atoms with van der Waals surface area (Å²) in [6.07, 6.45) is -0.458. The Morgan fingerprint density at radius 1 is 1.24 bits per heavy atom. The van der Waals surface area contributed by atoms with Gasteiger partial charge in [-0.2, -0.15) is 18.4 Å². The number of halogens is 3. The molecule has 0 radical (unpaired) electrons. The van der Waals surface area contributed by atoms with E-state index in [2.05, 4.69) is 10.3 Å². The third-order valence-corrected chi connectivity index (χ3v) is 6.96. The molecule has 0 saturated carbocycles. The van der Waals surface area contributed by atoms with Gasteiger partial charge < -0.3 is 15.1 Å². The molecule has 1 aromatic heterocycles. The maximum Gasteiger partial charge on any atom is 0.417 e. The highest BCUT2D eigenvalue weighted by Crippen LogP contribution is 2.46. The molecule has 0 bridgehead atoms. The Hall–Kier alpha value is -3.61. The minimum Gasteiger partial charge on any atom is -0.371 e. The van der Waals surface area contributed by atoms with E-state index in [1.165, 1.54) is 18.3 Å². The number of nitriles is 1. The van der Waals surface area contributed by atoms with Crippen LogP contribution in [0.4, 0.5) is 18.9 Å². The second kappa shape index (κ2) is 8.97. The van der Waals surface area contributed by atoms with Crippen LogP contribution in [0.2, 0.25) is 0 Å². The maximum atomic E-state index is 13.4. The Balaban J connectivity index is 1.55.